The SMILES string of the molecule is CC(C)C[C@H](N)C(=O)N1CCC[C@H]1C(=O)N[C@@H](CCCN=C(N)N)C(=O)N1CCC[C@H]1C(=O)O. The molecule has 2 saturated heterocycles. The van der Waals surface area contributed by atoms with Crippen molar-refractivity contribution in [2.75, 3.05) is 19.6 Å². The predicted octanol–water partition coefficient (Wildman–Crippen LogP) is -1.04. The lowest BCUT2D eigenvalue weighted by atomic mass is 10.0. The lowest BCUT2D eigenvalue weighted by Crippen LogP contribution is -2.56. The van der Waals surface area contributed by atoms with Crippen LogP contribution in [0.15, 0.2) is 4.99 Å². The summed E-state index contributed by atoms with van der Waals surface area (Å²) >= 11 is 0. The largest absolute Gasteiger partial charge is 0.480 e. The number of carboxylic acids is 1. The predicted molar refractivity (Wildman–Crippen MR) is 126 cm³/mol. The van der Waals surface area contributed by atoms with Gasteiger partial charge in [-0.2, -0.15) is 0 Å². The van der Waals surface area contributed by atoms with Crippen LogP contribution >= 0.6 is 0 Å². The number of likely N-dealkylation sites (tertiary alicyclic amines) is 2. The summed E-state index contributed by atoms with van der Waals surface area (Å²) in [7, 11) is 0. The smallest absolute Gasteiger partial charge is 0.326 e. The molecule has 0 bridgehead atoms. The Morgan fingerprint density at radius 1 is 1.03 bits per heavy atom. The van der Waals surface area contributed by atoms with E-state index >= 15 is 0 Å². The van der Waals surface area contributed by atoms with Gasteiger partial charge in [0.25, 0.3) is 0 Å². The Morgan fingerprint density at radius 3 is 2.18 bits per heavy atom. The number of carbonyl (C=O) groups is 4. The van der Waals surface area contributed by atoms with Gasteiger partial charge in [-0.05, 0) is 50.9 Å². The Balaban J connectivity index is 2.13. The molecular weight excluding hydrogens is 442 g/mol. The van der Waals surface area contributed by atoms with E-state index < -0.39 is 42.0 Å². The Kier molecular flexibility index (Phi) is 10.1. The fourth-order valence-electron chi connectivity index (χ4n) is 4.64. The molecule has 192 valence electrons. The lowest BCUT2D eigenvalue weighted by molar-refractivity contribution is -0.150. The van der Waals surface area contributed by atoms with E-state index in [9.17, 15) is 24.3 Å². The molecule has 0 aliphatic carbocycles. The van der Waals surface area contributed by atoms with Gasteiger partial charge in [0.1, 0.15) is 18.1 Å². The maximum Gasteiger partial charge on any atom is 0.326 e. The Hall–Kier alpha value is -2.89. The minimum absolute atomic E-state index is 0.0738. The van der Waals surface area contributed by atoms with Crippen LogP contribution in [0, 0.1) is 5.92 Å². The molecule has 4 atom stereocenters. The first-order valence-electron chi connectivity index (χ1n) is 12.0. The van der Waals surface area contributed by atoms with Crippen LogP contribution in [0.25, 0.3) is 0 Å². The molecular formula is C22H39N7O5. The number of carbonyl (C=O) groups excluding carboxylic acids is 3. The molecule has 0 saturated carbocycles. The second kappa shape index (κ2) is 12.5. The monoisotopic (exact) mass is 481 g/mol. The number of nitrogens with zero attached hydrogens (tertiary/aromatic N) is 3. The molecule has 8 N–H and O–H groups in total. The van der Waals surface area contributed by atoms with Crippen molar-refractivity contribution in [2.45, 2.75) is 83.0 Å². The van der Waals surface area contributed by atoms with E-state index in [0.29, 0.717) is 51.6 Å². The van der Waals surface area contributed by atoms with Crippen LogP contribution in [0.5, 0.6) is 0 Å². The molecule has 0 spiro atoms. The second-order valence-corrected chi connectivity index (χ2v) is 9.46. The van der Waals surface area contributed by atoms with E-state index in [2.05, 4.69) is 10.3 Å². The zero-order chi connectivity index (χ0) is 25.4. The summed E-state index contributed by atoms with van der Waals surface area (Å²) in [4.78, 5) is 57.6. The van der Waals surface area contributed by atoms with Crippen molar-refractivity contribution in [3.63, 3.8) is 0 Å². The van der Waals surface area contributed by atoms with Gasteiger partial charge in [0.05, 0.1) is 6.04 Å². The summed E-state index contributed by atoms with van der Waals surface area (Å²) in [5.74, 6) is -2.06. The number of rotatable bonds is 11. The third-order valence-electron chi connectivity index (χ3n) is 6.26. The molecule has 2 heterocycles. The van der Waals surface area contributed by atoms with Crippen molar-refractivity contribution in [1.29, 1.82) is 0 Å². The van der Waals surface area contributed by atoms with Crippen molar-refractivity contribution < 1.29 is 24.3 Å². The van der Waals surface area contributed by atoms with Crippen molar-refractivity contribution in [1.82, 2.24) is 15.1 Å². The molecule has 2 fully saturated rings. The molecule has 3 amide bonds. The van der Waals surface area contributed by atoms with Gasteiger partial charge in [0.2, 0.25) is 17.7 Å². The Morgan fingerprint density at radius 2 is 1.62 bits per heavy atom. The number of carboxylic acid groups (broad SMARTS) is 1. The number of nitrogens with one attached hydrogen (secondary N) is 1. The molecule has 12 heteroatoms. The van der Waals surface area contributed by atoms with Crippen LogP contribution in [0.3, 0.4) is 0 Å². The average Bonchev–Trinajstić information content (AvgIpc) is 3.43. The molecule has 0 aromatic heterocycles. The fraction of sp³-hybridized carbons (Fsp3) is 0.773. The first kappa shape index (κ1) is 27.4. The van der Waals surface area contributed by atoms with Gasteiger partial charge in [-0.15, -0.1) is 0 Å². The third-order valence-corrected chi connectivity index (χ3v) is 6.26. The first-order chi connectivity index (χ1) is 16.0. The van der Waals surface area contributed by atoms with E-state index in [-0.39, 0.29) is 30.8 Å². The standard InChI is InChI=1S/C22H39N7O5/c1-13(2)12-14(23)19(31)28-10-4-7-16(28)18(30)27-15(6-3-9-26-22(24)25)20(32)29-11-5-8-17(29)21(33)34/h13-17H,3-12,23H2,1-2H3,(H,27,30)(H,33,34)(H4,24,25,26)/t14-,15-,16-,17-/m0/s1. The summed E-state index contributed by atoms with van der Waals surface area (Å²) in [6.07, 6.45) is 3.24. The van der Waals surface area contributed by atoms with Crippen LogP contribution < -0.4 is 22.5 Å². The fourth-order valence-corrected chi connectivity index (χ4v) is 4.64. The number of aliphatic imine (C=N–C) groups is 1. The van der Waals surface area contributed by atoms with Crippen LogP contribution in [0.2, 0.25) is 0 Å². The first-order valence-corrected chi connectivity index (χ1v) is 12.0. The van der Waals surface area contributed by atoms with Gasteiger partial charge < -0.3 is 37.4 Å². The van der Waals surface area contributed by atoms with E-state index in [4.69, 9.17) is 17.2 Å². The van der Waals surface area contributed by atoms with Gasteiger partial charge >= 0.3 is 5.97 Å². The van der Waals surface area contributed by atoms with Gasteiger partial charge in [0, 0.05) is 19.6 Å². The summed E-state index contributed by atoms with van der Waals surface area (Å²) < 4.78 is 0. The van der Waals surface area contributed by atoms with Crippen molar-refractivity contribution in [2.24, 2.45) is 28.1 Å². The molecule has 0 aromatic rings. The van der Waals surface area contributed by atoms with Crippen molar-refractivity contribution in [3.05, 3.63) is 0 Å². The molecule has 2 rings (SSSR count). The molecule has 0 aromatic carbocycles. The van der Waals surface area contributed by atoms with Crippen LogP contribution in [-0.4, -0.2) is 88.4 Å². The number of guanidine groups is 1. The zero-order valence-corrected chi connectivity index (χ0v) is 20.1. The molecule has 34 heavy (non-hydrogen) atoms. The van der Waals surface area contributed by atoms with Crippen molar-refractivity contribution >= 4 is 29.7 Å². The van der Waals surface area contributed by atoms with Gasteiger partial charge in [-0.25, -0.2) is 4.79 Å². The lowest BCUT2D eigenvalue weighted by Gasteiger charge is -2.31. The summed E-state index contributed by atoms with van der Waals surface area (Å²) in [5.41, 5.74) is 16.8. The van der Waals surface area contributed by atoms with Crippen molar-refractivity contribution in [3.8, 4) is 0 Å². The van der Waals surface area contributed by atoms with Gasteiger partial charge in [-0.3, -0.25) is 19.4 Å². The summed E-state index contributed by atoms with van der Waals surface area (Å²) in [6.45, 7) is 4.96. The summed E-state index contributed by atoms with van der Waals surface area (Å²) in [6, 6.07) is -3.26. The normalized spacial score (nSPS) is 21.9. The number of nitrogens with two attached hydrogens (primary N) is 3. The Bertz CT molecular complexity index is 784. The zero-order valence-electron chi connectivity index (χ0n) is 20.1. The number of aliphatic carboxylic acids is 1. The average molecular weight is 482 g/mol. The van der Waals surface area contributed by atoms with E-state index in [1.165, 1.54) is 9.80 Å². The second-order valence-electron chi connectivity index (χ2n) is 9.46. The number of hydrogen-bond donors (Lipinski definition) is 5. The number of amides is 3. The van der Waals surface area contributed by atoms with Crippen LogP contribution in [0.1, 0.15) is 58.8 Å². The topological polar surface area (TPSA) is 197 Å². The number of hydrogen-bond acceptors (Lipinski definition) is 6. The highest BCUT2D eigenvalue weighted by molar-refractivity contribution is 5.94. The molecule has 0 unspecified atom stereocenters. The highest BCUT2D eigenvalue weighted by Gasteiger charge is 2.40. The molecule has 0 radical (unpaired) electrons. The van der Waals surface area contributed by atoms with E-state index in [1.807, 2.05) is 13.8 Å². The van der Waals surface area contributed by atoms with Gasteiger partial charge in [0.15, 0.2) is 5.96 Å². The molecule has 2 aliphatic rings. The van der Waals surface area contributed by atoms with Crippen LogP contribution in [0.4, 0.5) is 0 Å². The van der Waals surface area contributed by atoms with E-state index in [0.717, 1.165) is 0 Å². The minimum Gasteiger partial charge on any atom is -0.480 e. The highest BCUT2D eigenvalue weighted by atomic mass is 16.4. The highest BCUT2D eigenvalue weighted by Crippen LogP contribution is 2.22. The maximum absolute atomic E-state index is 13.2. The third kappa shape index (κ3) is 7.31. The minimum atomic E-state index is -1.07. The summed E-state index contributed by atoms with van der Waals surface area (Å²) in [5, 5.41) is 12.3. The Labute approximate surface area is 200 Å². The van der Waals surface area contributed by atoms with E-state index in [1.54, 1.807) is 0 Å². The quantitative estimate of drug-likeness (QED) is 0.140. The van der Waals surface area contributed by atoms with Gasteiger partial charge in [-0.1, -0.05) is 13.8 Å². The molecule has 2 aliphatic heterocycles. The molecule has 12 nitrogen and oxygen atoms in total. The maximum atomic E-state index is 13.2. The van der Waals surface area contributed by atoms with Crippen LogP contribution in [-0.2, 0) is 19.2 Å².